The fourth-order valence-electron chi connectivity index (χ4n) is 3.30. The summed E-state index contributed by atoms with van der Waals surface area (Å²) in [7, 11) is 0. The van der Waals surface area contributed by atoms with E-state index in [-0.39, 0.29) is 24.4 Å². The normalized spacial score (nSPS) is 11.4. The average Bonchev–Trinajstić information content (AvgIpc) is 3.38. The minimum atomic E-state index is -0.941. The molecule has 34 heavy (non-hydrogen) atoms. The molecule has 0 saturated carbocycles. The van der Waals surface area contributed by atoms with Crippen molar-refractivity contribution in [2.24, 2.45) is 0 Å². The maximum atomic E-state index is 14.6. The lowest BCUT2D eigenvalue weighted by molar-refractivity contribution is -0.118. The maximum Gasteiger partial charge on any atom is 0.408 e. The molecule has 1 heterocycles. The van der Waals surface area contributed by atoms with Crippen LogP contribution in [-0.2, 0) is 22.6 Å². The van der Waals surface area contributed by atoms with Crippen LogP contribution in [0, 0.1) is 5.82 Å². The van der Waals surface area contributed by atoms with Crippen LogP contribution < -0.4 is 10.6 Å². The number of aromatic nitrogens is 3. The predicted molar refractivity (Wildman–Crippen MR) is 124 cm³/mol. The van der Waals surface area contributed by atoms with Gasteiger partial charge in [-0.15, -0.1) is 0 Å². The van der Waals surface area contributed by atoms with E-state index in [1.165, 1.54) is 29.5 Å². The van der Waals surface area contributed by atoms with E-state index in [9.17, 15) is 14.0 Å². The summed E-state index contributed by atoms with van der Waals surface area (Å²) in [6, 6.07) is 21.7. The number of amides is 2. The summed E-state index contributed by atoms with van der Waals surface area (Å²) in [4.78, 5) is 29.2. The molecule has 9 heteroatoms. The molecule has 2 amide bonds. The first-order chi connectivity index (χ1) is 16.6. The van der Waals surface area contributed by atoms with Crippen LogP contribution >= 0.6 is 0 Å². The highest BCUT2D eigenvalue weighted by Gasteiger charge is 2.23. The molecule has 172 valence electrons. The van der Waals surface area contributed by atoms with Crippen molar-refractivity contribution in [2.45, 2.75) is 19.1 Å². The van der Waals surface area contributed by atoms with Crippen LogP contribution in [0.4, 0.5) is 14.9 Å². The number of benzene rings is 3. The zero-order chi connectivity index (χ0) is 23.8. The molecule has 4 aromatic rings. The van der Waals surface area contributed by atoms with Gasteiger partial charge in [0.1, 0.15) is 31.0 Å². The van der Waals surface area contributed by atoms with Gasteiger partial charge in [0.2, 0.25) is 5.91 Å². The highest BCUT2D eigenvalue weighted by molar-refractivity contribution is 5.96. The number of rotatable bonds is 8. The van der Waals surface area contributed by atoms with Gasteiger partial charge in [0.15, 0.2) is 5.82 Å². The number of hydrogen-bond acceptors (Lipinski definition) is 5. The molecule has 1 aromatic heterocycles. The highest BCUT2D eigenvalue weighted by Crippen LogP contribution is 2.18. The van der Waals surface area contributed by atoms with E-state index in [2.05, 4.69) is 20.7 Å². The van der Waals surface area contributed by atoms with E-state index in [1.54, 1.807) is 6.07 Å². The number of nitrogens with one attached hydrogen (secondary N) is 2. The van der Waals surface area contributed by atoms with E-state index in [0.29, 0.717) is 0 Å². The van der Waals surface area contributed by atoms with Gasteiger partial charge in [-0.1, -0.05) is 60.7 Å². The van der Waals surface area contributed by atoms with E-state index in [0.717, 1.165) is 11.1 Å². The Balaban J connectivity index is 1.45. The summed E-state index contributed by atoms with van der Waals surface area (Å²) < 4.78 is 21.1. The lowest BCUT2D eigenvalue weighted by atomic mass is 10.1. The Labute approximate surface area is 195 Å². The standard InChI is InChI=1S/C25H22FN5O3/c26-21-14-20(11-12-23(21)31-17-27-16-28-31)29-24(32)22(13-18-7-3-1-4-8-18)30-25(33)34-15-19-9-5-2-6-10-19/h1-12,14,16-17,22H,13,15H2,(H,29,32)(H,30,33)/t22-/m0/s1. The van der Waals surface area contributed by atoms with Crippen molar-refractivity contribution in [3.8, 4) is 5.69 Å². The molecule has 3 aromatic carbocycles. The first-order valence-electron chi connectivity index (χ1n) is 10.5. The topological polar surface area (TPSA) is 98.1 Å². The summed E-state index contributed by atoms with van der Waals surface area (Å²) in [6.07, 6.45) is 2.17. The number of carbonyl (C=O) groups is 2. The zero-order valence-corrected chi connectivity index (χ0v) is 18.1. The number of halogens is 1. The average molecular weight is 459 g/mol. The Morgan fingerprint density at radius 3 is 2.32 bits per heavy atom. The minimum Gasteiger partial charge on any atom is -0.445 e. The molecular weight excluding hydrogens is 437 g/mol. The molecule has 2 N–H and O–H groups in total. The van der Waals surface area contributed by atoms with Crippen LogP contribution in [0.3, 0.4) is 0 Å². The van der Waals surface area contributed by atoms with Gasteiger partial charge in [-0.05, 0) is 29.3 Å². The molecule has 0 saturated heterocycles. The van der Waals surface area contributed by atoms with E-state index in [1.807, 2.05) is 60.7 Å². The number of nitrogens with zero attached hydrogens (tertiary/aromatic N) is 3. The second-order valence-corrected chi connectivity index (χ2v) is 7.44. The minimum absolute atomic E-state index is 0.0707. The summed E-state index contributed by atoms with van der Waals surface area (Å²) in [5.74, 6) is -1.09. The van der Waals surface area contributed by atoms with Gasteiger partial charge >= 0.3 is 6.09 Å². The van der Waals surface area contributed by atoms with E-state index >= 15 is 0 Å². The third-order valence-corrected chi connectivity index (χ3v) is 4.98. The molecule has 8 nitrogen and oxygen atoms in total. The van der Waals surface area contributed by atoms with Gasteiger partial charge in [0.25, 0.3) is 0 Å². The van der Waals surface area contributed by atoms with Crippen LogP contribution in [0.15, 0.2) is 91.5 Å². The molecule has 4 rings (SSSR count). The second kappa shape index (κ2) is 10.9. The van der Waals surface area contributed by atoms with Crippen LogP contribution in [0.25, 0.3) is 5.69 Å². The Morgan fingerprint density at radius 1 is 0.971 bits per heavy atom. The quantitative estimate of drug-likeness (QED) is 0.417. The molecule has 0 unspecified atom stereocenters. The lowest BCUT2D eigenvalue weighted by Gasteiger charge is -2.19. The van der Waals surface area contributed by atoms with Crippen molar-refractivity contribution in [2.75, 3.05) is 5.32 Å². The van der Waals surface area contributed by atoms with Crippen LogP contribution in [0.1, 0.15) is 11.1 Å². The third kappa shape index (κ3) is 6.04. The van der Waals surface area contributed by atoms with Gasteiger partial charge < -0.3 is 15.4 Å². The van der Waals surface area contributed by atoms with Gasteiger partial charge in [-0.25, -0.2) is 18.9 Å². The van der Waals surface area contributed by atoms with Crippen molar-refractivity contribution in [1.82, 2.24) is 20.1 Å². The first-order valence-corrected chi connectivity index (χ1v) is 10.5. The number of hydrogen-bond donors (Lipinski definition) is 2. The maximum absolute atomic E-state index is 14.6. The van der Waals surface area contributed by atoms with Crippen molar-refractivity contribution in [3.05, 3.63) is 108 Å². The molecule has 0 radical (unpaired) electrons. The van der Waals surface area contributed by atoms with Crippen molar-refractivity contribution < 1.29 is 18.7 Å². The van der Waals surface area contributed by atoms with Gasteiger partial charge in [0.05, 0.1) is 0 Å². The SMILES string of the molecule is O=C(N[C@@H](Cc1ccccc1)C(=O)Nc1ccc(-n2cncn2)c(F)c1)OCc1ccccc1. The monoisotopic (exact) mass is 459 g/mol. The molecular formula is C25H22FN5O3. The molecule has 1 atom stereocenters. The van der Waals surface area contributed by atoms with Crippen LogP contribution in [0.5, 0.6) is 0 Å². The summed E-state index contributed by atoms with van der Waals surface area (Å²) in [5.41, 5.74) is 2.10. The lowest BCUT2D eigenvalue weighted by Crippen LogP contribution is -2.45. The van der Waals surface area contributed by atoms with Crippen molar-refractivity contribution >= 4 is 17.7 Å². The smallest absolute Gasteiger partial charge is 0.408 e. The Morgan fingerprint density at radius 2 is 1.68 bits per heavy atom. The van der Waals surface area contributed by atoms with Gasteiger partial charge in [-0.2, -0.15) is 5.10 Å². The first kappa shape index (κ1) is 22.7. The number of anilines is 1. The van der Waals surface area contributed by atoms with Crippen molar-refractivity contribution in [3.63, 3.8) is 0 Å². The number of alkyl carbamates (subject to hydrolysis) is 1. The number of ether oxygens (including phenoxy) is 1. The zero-order valence-electron chi connectivity index (χ0n) is 18.1. The predicted octanol–water partition coefficient (Wildman–Crippen LogP) is 3.88. The summed E-state index contributed by atoms with van der Waals surface area (Å²) in [5, 5.41) is 9.18. The molecule has 0 aliphatic carbocycles. The molecule has 0 aliphatic heterocycles. The highest BCUT2D eigenvalue weighted by atomic mass is 19.1. The number of carbonyl (C=O) groups excluding carboxylic acids is 2. The summed E-state index contributed by atoms with van der Waals surface area (Å²) in [6.45, 7) is 0.0707. The van der Waals surface area contributed by atoms with Crippen LogP contribution in [0.2, 0.25) is 0 Å². The van der Waals surface area contributed by atoms with Crippen molar-refractivity contribution in [1.29, 1.82) is 0 Å². The van der Waals surface area contributed by atoms with Gasteiger partial charge in [-0.3, -0.25) is 4.79 Å². The molecule has 0 spiro atoms. The van der Waals surface area contributed by atoms with Gasteiger partial charge in [0, 0.05) is 12.1 Å². The summed E-state index contributed by atoms with van der Waals surface area (Å²) >= 11 is 0. The Hall–Kier alpha value is -4.53. The molecule has 0 bridgehead atoms. The largest absolute Gasteiger partial charge is 0.445 e. The molecule has 0 aliphatic rings. The van der Waals surface area contributed by atoms with E-state index < -0.39 is 23.9 Å². The fraction of sp³-hybridized carbons (Fsp3) is 0.120. The Bertz CT molecular complexity index is 1230. The third-order valence-electron chi connectivity index (χ3n) is 4.98. The second-order valence-electron chi connectivity index (χ2n) is 7.44. The Kier molecular flexibility index (Phi) is 7.24. The molecule has 0 fully saturated rings. The fourth-order valence-corrected chi connectivity index (χ4v) is 3.30. The van der Waals surface area contributed by atoms with E-state index in [4.69, 9.17) is 4.74 Å². The van der Waals surface area contributed by atoms with Crippen LogP contribution in [-0.4, -0.2) is 32.8 Å².